The number of carbonyl (C=O) groups excluding carboxylic acids is 2. The summed E-state index contributed by atoms with van der Waals surface area (Å²) in [6.07, 6.45) is 0. The Hall–Kier alpha value is -3.17. The maximum Gasteiger partial charge on any atom is 0.255 e. The summed E-state index contributed by atoms with van der Waals surface area (Å²) in [5.74, 6) is -0.591. The number of carbonyl (C=O) groups is 2. The molecular weight excluding hydrogens is 306 g/mol. The van der Waals surface area contributed by atoms with Gasteiger partial charge in [-0.3, -0.25) is 9.59 Å². The lowest BCUT2D eigenvalue weighted by Crippen LogP contribution is -2.27. The molecule has 2 rings (SSSR count). The highest BCUT2D eigenvalue weighted by Crippen LogP contribution is 2.12. The molecule has 24 heavy (non-hydrogen) atoms. The Morgan fingerprint density at radius 1 is 1.08 bits per heavy atom. The van der Waals surface area contributed by atoms with Crippen LogP contribution in [0, 0.1) is 11.3 Å². The van der Waals surface area contributed by atoms with Crippen LogP contribution in [-0.2, 0) is 4.74 Å². The highest BCUT2D eigenvalue weighted by molar-refractivity contribution is 6.06. The fraction of sp³-hybridized carbons (Fsp3) is 0.167. The Morgan fingerprint density at radius 2 is 1.75 bits per heavy atom. The van der Waals surface area contributed by atoms with Crippen molar-refractivity contribution in [3.63, 3.8) is 0 Å². The van der Waals surface area contributed by atoms with Gasteiger partial charge in [0.1, 0.15) is 0 Å². The number of nitriles is 1. The van der Waals surface area contributed by atoms with Gasteiger partial charge in [-0.1, -0.05) is 6.07 Å². The van der Waals surface area contributed by atoms with Gasteiger partial charge in [-0.05, 0) is 42.5 Å². The van der Waals surface area contributed by atoms with Crippen molar-refractivity contribution in [2.45, 2.75) is 0 Å². The fourth-order valence-corrected chi connectivity index (χ4v) is 2.00. The topological polar surface area (TPSA) is 91.2 Å². The Balaban J connectivity index is 2.05. The van der Waals surface area contributed by atoms with Gasteiger partial charge < -0.3 is 15.4 Å². The van der Waals surface area contributed by atoms with E-state index in [1.165, 1.54) is 6.07 Å². The van der Waals surface area contributed by atoms with Crippen LogP contribution in [0.3, 0.4) is 0 Å². The summed E-state index contributed by atoms with van der Waals surface area (Å²) in [6.45, 7) is 0.821. The zero-order valence-corrected chi connectivity index (χ0v) is 13.2. The van der Waals surface area contributed by atoms with E-state index in [0.29, 0.717) is 35.5 Å². The van der Waals surface area contributed by atoms with Gasteiger partial charge in [-0.15, -0.1) is 0 Å². The molecule has 2 aromatic carbocycles. The number of nitrogens with one attached hydrogen (secondary N) is 2. The molecule has 2 N–H and O–H groups in total. The van der Waals surface area contributed by atoms with Gasteiger partial charge in [0, 0.05) is 30.5 Å². The summed E-state index contributed by atoms with van der Waals surface area (Å²) in [4.78, 5) is 24.3. The molecule has 0 heterocycles. The second-order valence-corrected chi connectivity index (χ2v) is 4.97. The largest absolute Gasteiger partial charge is 0.383 e. The second kappa shape index (κ2) is 8.46. The molecule has 6 nitrogen and oxygen atoms in total. The van der Waals surface area contributed by atoms with Crippen LogP contribution in [0.15, 0.2) is 48.5 Å². The smallest absolute Gasteiger partial charge is 0.255 e. The molecule has 0 fully saturated rings. The third-order valence-electron chi connectivity index (χ3n) is 3.25. The molecule has 0 unspecified atom stereocenters. The van der Waals surface area contributed by atoms with E-state index < -0.39 is 0 Å². The second-order valence-electron chi connectivity index (χ2n) is 4.97. The zero-order valence-electron chi connectivity index (χ0n) is 13.2. The average Bonchev–Trinajstić information content (AvgIpc) is 2.62. The lowest BCUT2D eigenvalue weighted by Gasteiger charge is -2.08. The third-order valence-corrected chi connectivity index (χ3v) is 3.25. The van der Waals surface area contributed by atoms with E-state index >= 15 is 0 Å². The molecule has 6 heteroatoms. The molecular formula is C18H17N3O3. The maximum atomic E-state index is 12.3. The van der Waals surface area contributed by atoms with Crippen molar-refractivity contribution >= 4 is 17.5 Å². The highest BCUT2D eigenvalue weighted by atomic mass is 16.5. The molecule has 0 aromatic heterocycles. The number of hydrogen-bond acceptors (Lipinski definition) is 4. The molecule has 0 saturated carbocycles. The summed E-state index contributed by atoms with van der Waals surface area (Å²) < 4.78 is 4.87. The van der Waals surface area contributed by atoms with Gasteiger partial charge in [0.15, 0.2) is 0 Å². The molecule has 2 aromatic rings. The van der Waals surface area contributed by atoms with E-state index in [9.17, 15) is 9.59 Å². The van der Waals surface area contributed by atoms with Crippen LogP contribution < -0.4 is 10.6 Å². The van der Waals surface area contributed by atoms with Crippen molar-refractivity contribution in [3.05, 3.63) is 65.2 Å². The van der Waals surface area contributed by atoms with Crippen LogP contribution in [0.4, 0.5) is 5.69 Å². The van der Waals surface area contributed by atoms with E-state index in [2.05, 4.69) is 10.6 Å². The predicted molar refractivity (Wildman–Crippen MR) is 89.8 cm³/mol. The summed E-state index contributed by atoms with van der Waals surface area (Å²) in [5, 5.41) is 14.2. The summed E-state index contributed by atoms with van der Waals surface area (Å²) in [5.41, 5.74) is 1.87. The van der Waals surface area contributed by atoms with Gasteiger partial charge in [-0.2, -0.15) is 5.26 Å². The minimum absolute atomic E-state index is 0.264. The van der Waals surface area contributed by atoms with Gasteiger partial charge in [0.05, 0.1) is 18.2 Å². The first kappa shape index (κ1) is 17.2. The van der Waals surface area contributed by atoms with E-state index in [0.717, 1.165) is 0 Å². The minimum atomic E-state index is -0.328. The van der Waals surface area contributed by atoms with Gasteiger partial charge in [-0.25, -0.2) is 0 Å². The van der Waals surface area contributed by atoms with Crippen molar-refractivity contribution in [2.75, 3.05) is 25.6 Å². The maximum absolute atomic E-state index is 12.3. The third kappa shape index (κ3) is 4.66. The molecule has 2 amide bonds. The number of amides is 2. The normalized spacial score (nSPS) is 9.83. The first-order chi connectivity index (χ1) is 11.6. The number of rotatable bonds is 6. The van der Waals surface area contributed by atoms with Crippen molar-refractivity contribution in [3.8, 4) is 6.07 Å². The van der Waals surface area contributed by atoms with Crippen LogP contribution >= 0.6 is 0 Å². The standard InChI is InChI=1S/C18H17N3O3/c1-24-10-9-20-17(22)14-3-2-4-15(11-14)18(23)21-16-7-5-13(12-19)6-8-16/h2-8,11H,9-10H2,1H3,(H,20,22)(H,21,23). The van der Waals surface area contributed by atoms with Crippen molar-refractivity contribution in [1.82, 2.24) is 5.32 Å². The molecule has 0 aliphatic heterocycles. The van der Waals surface area contributed by atoms with E-state index in [4.69, 9.17) is 10.00 Å². The molecule has 0 atom stereocenters. The summed E-state index contributed by atoms with van der Waals surface area (Å²) in [7, 11) is 1.56. The Bertz CT molecular complexity index is 764. The van der Waals surface area contributed by atoms with Crippen LogP contribution in [0.5, 0.6) is 0 Å². The summed E-state index contributed by atoms with van der Waals surface area (Å²) in [6, 6.07) is 15.0. The molecule has 0 saturated heterocycles. The first-order valence-corrected chi connectivity index (χ1v) is 7.33. The van der Waals surface area contributed by atoms with Crippen molar-refractivity contribution in [2.24, 2.45) is 0 Å². The molecule has 0 bridgehead atoms. The first-order valence-electron chi connectivity index (χ1n) is 7.33. The van der Waals surface area contributed by atoms with Crippen LogP contribution in [0.25, 0.3) is 0 Å². The quantitative estimate of drug-likeness (QED) is 0.797. The van der Waals surface area contributed by atoms with E-state index in [-0.39, 0.29) is 11.8 Å². The summed E-state index contributed by atoms with van der Waals surface area (Å²) >= 11 is 0. The van der Waals surface area contributed by atoms with Crippen LogP contribution in [0.1, 0.15) is 26.3 Å². The van der Waals surface area contributed by atoms with Crippen LogP contribution in [0.2, 0.25) is 0 Å². The molecule has 0 aliphatic rings. The number of ether oxygens (including phenoxy) is 1. The lowest BCUT2D eigenvalue weighted by molar-refractivity contribution is 0.0937. The number of anilines is 1. The predicted octanol–water partition coefficient (Wildman–Crippen LogP) is 2.19. The monoisotopic (exact) mass is 323 g/mol. The zero-order chi connectivity index (χ0) is 17.4. The molecule has 0 spiro atoms. The number of methoxy groups -OCH3 is 1. The molecule has 0 aliphatic carbocycles. The van der Waals surface area contributed by atoms with Crippen molar-refractivity contribution in [1.29, 1.82) is 5.26 Å². The minimum Gasteiger partial charge on any atom is -0.383 e. The van der Waals surface area contributed by atoms with Gasteiger partial charge >= 0.3 is 0 Å². The number of benzene rings is 2. The average molecular weight is 323 g/mol. The molecule has 122 valence electrons. The Kier molecular flexibility index (Phi) is 6.06. The number of hydrogen-bond donors (Lipinski definition) is 2. The Labute approximate surface area is 140 Å². The Morgan fingerprint density at radius 3 is 2.38 bits per heavy atom. The number of nitrogens with zero attached hydrogens (tertiary/aromatic N) is 1. The van der Waals surface area contributed by atoms with E-state index in [1.807, 2.05) is 6.07 Å². The SMILES string of the molecule is COCCNC(=O)c1cccc(C(=O)Nc2ccc(C#N)cc2)c1. The van der Waals surface area contributed by atoms with E-state index in [1.54, 1.807) is 49.6 Å². The van der Waals surface area contributed by atoms with Crippen LogP contribution in [-0.4, -0.2) is 32.1 Å². The highest BCUT2D eigenvalue weighted by Gasteiger charge is 2.10. The van der Waals surface area contributed by atoms with Gasteiger partial charge in [0.25, 0.3) is 11.8 Å². The lowest BCUT2D eigenvalue weighted by atomic mass is 10.1. The molecule has 0 radical (unpaired) electrons. The van der Waals surface area contributed by atoms with Gasteiger partial charge in [0.2, 0.25) is 0 Å². The van der Waals surface area contributed by atoms with Crippen molar-refractivity contribution < 1.29 is 14.3 Å². The fourth-order valence-electron chi connectivity index (χ4n) is 2.00.